The van der Waals surface area contributed by atoms with Crippen molar-refractivity contribution in [3.05, 3.63) is 58.8 Å². The molecule has 8 nitrogen and oxygen atoms in total. The molecule has 1 aromatic heterocycles. The van der Waals surface area contributed by atoms with E-state index in [9.17, 15) is 14.4 Å². The van der Waals surface area contributed by atoms with Crippen LogP contribution in [0.25, 0.3) is 10.9 Å². The largest absolute Gasteiger partial charge is 0.350 e. The minimum Gasteiger partial charge on any atom is -0.350 e. The third-order valence-corrected chi connectivity index (χ3v) is 8.08. The Morgan fingerprint density at radius 3 is 2.86 bits per heavy atom. The molecule has 0 spiro atoms. The maximum absolute atomic E-state index is 13.2. The van der Waals surface area contributed by atoms with Crippen molar-refractivity contribution in [2.75, 3.05) is 18.4 Å². The van der Waals surface area contributed by atoms with Gasteiger partial charge in [0.2, 0.25) is 11.7 Å². The molecule has 1 aliphatic carbocycles. The summed E-state index contributed by atoms with van der Waals surface area (Å²) in [5.41, 5.74) is 4.19. The van der Waals surface area contributed by atoms with Crippen LogP contribution >= 0.6 is 0 Å². The molecule has 2 aliphatic heterocycles. The van der Waals surface area contributed by atoms with Crippen molar-refractivity contribution >= 4 is 34.3 Å². The SMILES string of the molecule is Cc1ccc2c(C(=O)N3CCC4CC(NC(=O)c5ccc6c(c5)NC(=O)CC6)CCC4C3)onc2c1. The lowest BCUT2D eigenvalue weighted by Gasteiger charge is -2.43. The minimum absolute atomic E-state index is 0.00482. The van der Waals surface area contributed by atoms with Crippen LogP contribution in [0.15, 0.2) is 40.9 Å². The molecule has 3 aromatic rings. The predicted molar refractivity (Wildman–Crippen MR) is 135 cm³/mol. The maximum Gasteiger partial charge on any atom is 0.293 e. The number of nitrogens with one attached hydrogen (secondary N) is 2. The molecule has 6 rings (SSSR count). The van der Waals surface area contributed by atoms with Crippen LogP contribution in [0.2, 0.25) is 0 Å². The summed E-state index contributed by atoms with van der Waals surface area (Å²) in [6.45, 7) is 3.38. The number of nitrogens with zero attached hydrogens (tertiary/aromatic N) is 2. The van der Waals surface area contributed by atoms with Gasteiger partial charge < -0.3 is 20.1 Å². The summed E-state index contributed by atoms with van der Waals surface area (Å²) in [5, 5.41) is 10.9. The van der Waals surface area contributed by atoms with Gasteiger partial charge in [0.15, 0.2) is 0 Å². The smallest absolute Gasteiger partial charge is 0.293 e. The van der Waals surface area contributed by atoms with E-state index in [4.69, 9.17) is 4.52 Å². The van der Waals surface area contributed by atoms with E-state index >= 15 is 0 Å². The van der Waals surface area contributed by atoms with Crippen molar-refractivity contribution in [3.63, 3.8) is 0 Å². The average Bonchev–Trinajstić information content (AvgIpc) is 3.30. The van der Waals surface area contributed by atoms with Gasteiger partial charge in [-0.15, -0.1) is 0 Å². The Morgan fingerprint density at radius 2 is 1.97 bits per heavy atom. The fourth-order valence-corrected chi connectivity index (χ4v) is 6.06. The molecule has 2 aromatic carbocycles. The number of likely N-dealkylation sites (tertiary alicyclic amines) is 1. The standard InChI is InChI=1S/C28H30N4O4/c1-16-2-8-22-24(12-16)31-36-26(22)28(35)32-11-10-18-13-21(7-5-20(18)15-32)29-27(34)19-4-3-17-6-9-25(33)30-23(17)14-19/h2-4,8,12,14,18,20-21H,5-7,9-11,13,15H2,1H3,(H,29,34)(H,30,33). The van der Waals surface area contributed by atoms with Gasteiger partial charge in [-0.05, 0) is 86.3 Å². The highest BCUT2D eigenvalue weighted by molar-refractivity contribution is 6.03. The highest BCUT2D eigenvalue weighted by Gasteiger charge is 2.38. The minimum atomic E-state index is -0.0962. The molecule has 0 bridgehead atoms. The molecule has 3 heterocycles. The maximum atomic E-state index is 13.2. The zero-order chi connectivity index (χ0) is 24.8. The summed E-state index contributed by atoms with van der Waals surface area (Å²) in [4.78, 5) is 39.8. The summed E-state index contributed by atoms with van der Waals surface area (Å²) in [6, 6.07) is 11.5. The van der Waals surface area contributed by atoms with Gasteiger partial charge in [0, 0.05) is 36.8 Å². The first-order valence-electron chi connectivity index (χ1n) is 12.8. The van der Waals surface area contributed by atoms with Crippen LogP contribution in [-0.4, -0.2) is 46.9 Å². The molecule has 1 saturated heterocycles. The van der Waals surface area contributed by atoms with Gasteiger partial charge in [-0.3, -0.25) is 14.4 Å². The van der Waals surface area contributed by atoms with Crippen LogP contribution in [0.3, 0.4) is 0 Å². The van der Waals surface area contributed by atoms with Crippen molar-refractivity contribution in [1.82, 2.24) is 15.4 Å². The van der Waals surface area contributed by atoms with Crippen LogP contribution in [-0.2, 0) is 11.2 Å². The van der Waals surface area contributed by atoms with E-state index in [0.29, 0.717) is 54.6 Å². The summed E-state index contributed by atoms with van der Waals surface area (Å²) in [5.74, 6) is 1.03. The Bertz CT molecular complexity index is 1360. The Hall–Kier alpha value is -3.68. The Labute approximate surface area is 209 Å². The molecule has 2 N–H and O–H groups in total. The number of benzene rings is 2. The Balaban J connectivity index is 1.07. The lowest BCUT2D eigenvalue weighted by molar-refractivity contribution is -0.116. The number of aromatic nitrogens is 1. The molecule has 3 amide bonds. The summed E-state index contributed by atoms with van der Waals surface area (Å²) >= 11 is 0. The monoisotopic (exact) mass is 486 g/mol. The molecule has 2 fully saturated rings. The van der Waals surface area contributed by atoms with Crippen molar-refractivity contribution in [1.29, 1.82) is 0 Å². The number of rotatable bonds is 3. The summed E-state index contributed by atoms with van der Waals surface area (Å²) in [6.07, 6.45) is 4.89. The number of anilines is 1. The first kappa shape index (κ1) is 22.8. The zero-order valence-corrected chi connectivity index (χ0v) is 20.4. The van der Waals surface area contributed by atoms with E-state index in [1.807, 2.05) is 42.2 Å². The lowest BCUT2D eigenvalue weighted by Crippen LogP contribution is -2.49. The molecule has 36 heavy (non-hydrogen) atoms. The van der Waals surface area contributed by atoms with Gasteiger partial charge in [-0.2, -0.15) is 0 Å². The Kier molecular flexibility index (Phi) is 5.74. The Morgan fingerprint density at radius 1 is 1.08 bits per heavy atom. The van der Waals surface area contributed by atoms with Crippen LogP contribution in [0, 0.1) is 18.8 Å². The van der Waals surface area contributed by atoms with Crippen molar-refractivity contribution in [2.24, 2.45) is 11.8 Å². The molecule has 3 unspecified atom stereocenters. The van der Waals surface area contributed by atoms with Gasteiger partial charge in [-0.25, -0.2) is 0 Å². The van der Waals surface area contributed by atoms with Crippen molar-refractivity contribution in [2.45, 2.75) is 51.5 Å². The number of fused-ring (bicyclic) bond motifs is 3. The van der Waals surface area contributed by atoms with Crippen molar-refractivity contribution in [3.8, 4) is 0 Å². The molecule has 3 aliphatic rings. The van der Waals surface area contributed by atoms with E-state index in [-0.39, 0.29) is 23.8 Å². The van der Waals surface area contributed by atoms with Gasteiger partial charge in [0.1, 0.15) is 5.52 Å². The van der Waals surface area contributed by atoms with E-state index in [1.165, 1.54) is 0 Å². The summed E-state index contributed by atoms with van der Waals surface area (Å²) < 4.78 is 5.45. The van der Waals surface area contributed by atoms with Crippen LogP contribution in [0.1, 0.15) is 64.1 Å². The summed E-state index contributed by atoms with van der Waals surface area (Å²) in [7, 11) is 0. The highest BCUT2D eigenvalue weighted by Crippen LogP contribution is 2.37. The molecule has 3 atom stereocenters. The number of hydrogen-bond acceptors (Lipinski definition) is 5. The molecule has 8 heteroatoms. The van der Waals surface area contributed by atoms with Gasteiger partial charge >= 0.3 is 0 Å². The third kappa shape index (κ3) is 4.25. The highest BCUT2D eigenvalue weighted by atomic mass is 16.5. The molecule has 186 valence electrons. The number of aryl methyl sites for hydroxylation is 2. The number of carbonyl (C=O) groups is 3. The van der Waals surface area contributed by atoms with E-state index in [2.05, 4.69) is 15.8 Å². The lowest BCUT2D eigenvalue weighted by atomic mass is 9.73. The fourth-order valence-electron chi connectivity index (χ4n) is 6.06. The first-order valence-corrected chi connectivity index (χ1v) is 12.8. The number of hydrogen-bond donors (Lipinski definition) is 2. The zero-order valence-electron chi connectivity index (χ0n) is 20.4. The predicted octanol–water partition coefficient (Wildman–Crippen LogP) is 4.08. The normalized spacial score (nSPS) is 23.5. The van der Waals surface area contributed by atoms with Gasteiger partial charge in [0.25, 0.3) is 11.8 Å². The molecular formula is C28H30N4O4. The molecule has 0 radical (unpaired) electrons. The van der Waals surface area contributed by atoms with Crippen LogP contribution < -0.4 is 10.6 Å². The topological polar surface area (TPSA) is 105 Å². The third-order valence-electron chi connectivity index (χ3n) is 8.08. The van der Waals surface area contributed by atoms with E-state index in [1.54, 1.807) is 6.07 Å². The fraction of sp³-hybridized carbons (Fsp3) is 0.429. The quantitative estimate of drug-likeness (QED) is 0.581. The molecule has 1 saturated carbocycles. The van der Waals surface area contributed by atoms with Crippen LogP contribution in [0.5, 0.6) is 0 Å². The van der Waals surface area contributed by atoms with Crippen LogP contribution in [0.4, 0.5) is 5.69 Å². The second-order valence-electron chi connectivity index (χ2n) is 10.5. The van der Waals surface area contributed by atoms with E-state index in [0.717, 1.165) is 47.9 Å². The van der Waals surface area contributed by atoms with Crippen molar-refractivity contribution < 1.29 is 18.9 Å². The second kappa shape index (κ2) is 9.08. The molecular weight excluding hydrogens is 456 g/mol. The second-order valence-corrected chi connectivity index (χ2v) is 10.5. The average molecular weight is 487 g/mol. The van der Waals surface area contributed by atoms with Gasteiger partial charge in [0.05, 0.1) is 5.39 Å². The number of carbonyl (C=O) groups excluding carboxylic acids is 3. The number of amides is 3. The first-order chi connectivity index (χ1) is 17.4. The van der Waals surface area contributed by atoms with E-state index < -0.39 is 0 Å². The van der Waals surface area contributed by atoms with Gasteiger partial charge in [-0.1, -0.05) is 17.3 Å². The number of piperidine rings is 1.